The molecule has 0 aliphatic carbocycles. The standard InChI is InChI=1S/C11H21N3O/c1-3-8-14-9-6-13-11(14)4-5-12-7-10-15-2/h6,9,12H,3-5,7-8,10H2,1-2H3. The molecule has 0 fully saturated rings. The van der Waals surface area contributed by atoms with Crippen LogP contribution in [-0.4, -0.2) is 36.4 Å². The molecule has 4 heteroatoms. The Hall–Kier alpha value is -0.870. The zero-order chi connectivity index (χ0) is 10.9. The van der Waals surface area contributed by atoms with E-state index in [9.17, 15) is 0 Å². The maximum absolute atomic E-state index is 4.96. The van der Waals surface area contributed by atoms with Gasteiger partial charge in [0.15, 0.2) is 0 Å². The van der Waals surface area contributed by atoms with Crippen LogP contribution in [0.3, 0.4) is 0 Å². The summed E-state index contributed by atoms with van der Waals surface area (Å²) in [5.74, 6) is 1.17. The highest BCUT2D eigenvalue weighted by Gasteiger charge is 2.00. The van der Waals surface area contributed by atoms with Gasteiger partial charge in [0.2, 0.25) is 0 Å². The van der Waals surface area contributed by atoms with Gasteiger partial charge in [-0.2, -0.15) is 0 Å². The van der Waals surface area contributed by atoms with Gasteiger partial charge in [-0.3, -0.25) is 0 Å². The zero-order valence-corrected chi connectivity index (χ0v) is 9.70. The number of imidazole rings is 1. The summed E-state index contributed by atoms with van der Waals surface area (Å²) in [6.07, 6.45) is 6.06. The second-order valence-corrected chi connectivity index (χ2v) is 3.53. The van der Waals surface area contributed by atoms with Crippen LogP contribution in [0.2, 0.25) is 0 Å². The summed E-state index contributed by atoms with van der Waals surface area (Å²) < 4.78 is 7.18. The highest BCUT2D eigenvalue weighted by molar-refractivity contribution is 4.92. The van der Waals surface area contributed by atoms with E-state index in [1.54, 1.807) is 7.11 Å². The molecule has 1 aromatic heterocycles. The van der Waals surface area contributed by atoms with Crippen molar-refractivity contribution in [1.29, 1.82) is 0 Å². The third-order valence-electron chi connectivity index (χ3n) is 2.27. The van der Waals surface area contributed by atoms with Gasteiger partial charge in [-0.05, 0) is 6.42 Å². The van der Waals surface area contributed by atoms with Gasteiger partial charge < -0.3 is 14.6 Å². The molecule has 0 aromatic carbocycles. The minimum atomic E-state index is 0.767. The van der Waals surface area contributed by atoms with Crippen LogP contribution in [0.5, 0.6) is 0 Å². The number of hydrogen-bond acceptors (Lipinski definition) is 3. The largest absolute Gasteiger partial charge is 0.383 e. The third-order valence-corrected chi connectivity index (χ3v) is 2.27. The Morgan fingerprint density at radius 1 is 1.47 bits per heavy atom. The van der Waals surface area contributed by atoms with Gasteiger partial charge in [0.1, 0.15) is 5.82 Å². The number of nitrogens with zero attached hydrogens (tertiary/aromatic N) is 2. The Morgan fingerprint density at radius 2 is 2.33 bits per heavy atom. The molecule has 0 saturated heterocycles. The molecule has 0 spiro atoms. The molecule has 0 saturated carbocycles. The normalized spacial score (nSPS) is 10.8. The van der Waals surface area contributed by atoms with Crippen molar-refractivity contribution in [3.8, 4) is 0 Å². The van der Waals surface area contributed by atoms with Crippen molar-refractivity contribution in [1.82, 2.24) is 14.9 Å². The van der Waals surface area contributed by atoms with E-state index < -0.39 is 0 Å². The van der Waals surface area contributed by atoms with Gasteiger partial charge >= 0.3 is 0 Å². The first-order valence-corrected chi connectivity index (χ1v) is 5.58. The molecular formula is C11H21N3O. The molecule has 1 N–H and O–H groups in total. The topological polar surface area (TPSA) is 39.1 Å². The zero-order valence-electron chi connectivity index (χ0n) is 9.70. The number of hydrogen-bond donors (Lipinski definition) is 1. The first-order valence-electron chi connectivity index (χ1n) is 5.58. The first-order chi connectivity index (χ1) is 7.38. The minimum Gasteiger partial charge on any atom is -0.383 e. The smallest absolute Gasteiger partial charge is 0.109 e. The second-order valence-electron chi connectivity index (χ2n) is 3.53. The van der Waals surface area contributed by atoms with Crippen molar-refractivity contribution in [2.45, 2.75) is 26.3 Å². The van der Waals surface area contributed by atoms with Gasteiger partial charge in [0, 0.05) is 45.6 Å². The van der Waals surface area contributed by atoms with E-state index in [-0.39, 0.29) is 0 Å². The average Bonchev–Trinajstić information content (AvgIpc) is 2.66. The highest BCUT2D eigenvalue weighted by Crippen LogP contribution is 1.99. The van der Waals surface area contributed by atoms with Crippen molar-refractivity contribution in [3.05, 3.63) is 18.2 Å². The molecule has 0 bridgehead atoms. The Bertz CT molecular complexity index is 260. The van der Waals surface area contributed by atoms with E-state index in [0.29, 0.717) is 0 Å². The van der Waals surface area contributed by atoms with Crippen LogP contribution in [0.1, 0.15) is 19.2 Å². The Morgan fingerprint density at radius 3 is 3.07 bits per heavy atom. The maximum atomic E-state index is 4.96. The number of ether oxygens (including phenoxy) is 1. The lowest BCUT2D eigenvalue weighted by Crippen LogP contribution is -2.22. The van der Waals surface area contributed by atoms with Crippen molar-refractivity contribution >= 4 is 0 Å². The predicted octanol–water partition coefficient (Wildman–Crippen LogP) is 1.07. The summed E-state index contributed by atoms with van der Waals surface area (Å²) in [6, 6.07) is 0. The predicted molar refractivity (Wildman–Crippen MR) is 61.0 cm³/mol. The highest BCUT2D eigenvalue weighted by atomic mass is 16.5. The number of nitrogens with one attached hydrogen (secondary N) is 1. The van der Waals surface area contributed by atoms with E-state index in [2.05, 4.69) is 21.8 Å². The van der Waals surface area contributed by atoms with E-state index in [1.807, 2.05) is 12.4 Å². The summed E-state index contributed by atoms with van der Waals surface area (Å²) in [5.41, 5.74) is 0. The molecular weight excluding hydrogens is 190 g/mol. The molecule has 0 unspecified atom stereocenters. The van der Waals surface area contributed by atoms with Gasteiger partial charge in [-0.25, -0.2) is 4.98 Å². The van der Waals surface area contributed by atoms with Crippen LogP contribution >= 0.6 is 0 Å². The molecule has 0 aliphatic heterocycles. The Balaban J connectivity index is 2.21. The molecule has 15 heavy (non-hydrogen) atoms. The molecule has 0 radical (unpaired) electrons. The van der Waals surface area contributed by atoms with Crippen molar-refractivity contribution in [3.63, 3.8) is 0 Å². The molecule has 4 nitrogen and oxygen atoms in total. The van der Waals surface area contributed by atoms with Gasteiger partial charge in [-0.15, -0.1) is 0 Å². The molecule has 86 valence electrons. The second kappa shape index (κ2) is 7.43. The van der Waals surface area contributed by atoms with E-state index in [1.165, 1.54) is 5.82 Å². The summed E-state index contributed by atoms with van der Waals surface area (Å²) in [4.78, 5) is 4.34. The molecule has 1 aromatic rings. The number of aromatic nitrogens is 2. The fourth-order valence-electron chi connectivity index (χ4n) is 1.51. The quantitative estimate of drug-likeness (QED) is 0.654. The van der Waals surface area contributed by atoms with Crippen molar-refractivity contribution in [2.75, 3.05) is 26.8 Å². The first kappa shape index (κ1) is 12.2. The Kier molecular flexibility index (Phi) is 6.04. The van der Waals surface area contributed by atoms with Gasteiger partial charge in [-0.1, -0.05) is 6.92 Å². The number of rotatable bonds is 8. The van der Waals surface area contributed by atoms with Gasteiger partial charge in [0.05, 0.1) is 6.61 Å². The van der Waals surface area contributed by atoms with E-state index in [0.717, 1.165) is 39.1 Å². The SMILES string of the molecule is CCCn1ccnc1CCNCCOC. The lowest BCUT2D eigenvalue weighted by Gasteiger charge is -2.06. The fourth-order valence-corrected chi connectivity index (χ4v) is 1.51. The van der Waals surface area contributed by atoms with Crippen LogP contribution < -0.4 is 5.32 Å². The minimum absolute atomic E-state index is 0.767. The molecule has 1 rings (SSSR count). The summed E-state index contributed by atoms with van der Waals surface area (Å²) in [6.45, 7) is 5.88. The van der Waals surface area contributed by atoms with Crippen LogP contribution in [-0.2, 0) is 17.7 Å². The lowest BCUT2D eigenvalue weighted by molar-refractivity contribution is 0.199. The number of aryl methyl sites for hydroxylation is 1. The van der Waals surface area contributed by atoms with Crippen molar-refractivity contribution in [2.24, 2.45) is 0 Å². The van der Waals surface area contributed by atoms with Crippen LogP contribution in [0.4, 0.5) is 0 Å². The molecule has 0 aliphatic rings. The Labute approximate surface area is 91.7 Å². The molecule has 0 amide bonds. The summed E-state index contributed by atoms with van der Waals surface area (Å²) >= 11 is 0. The maximum Gasteiger partial charge on any atom is 0.109 e. The third kappa shape index (κ3) is 4.44. The monoisotopic (exact) mass is 211 g/mol. The summed E-state index contributed by atoms with van der Waals surface area (Å²) in [7, 11) is 1.72. The van der Waals surface area contributed by atoms with Crippen molar-refractivity contribution < 1.29 is 4.74 Å². The van der Waals surface area contributed by atoms with E-state index >= 15 is 0 Å². The number of methoxy groups -OCH3 is 1. The van der Waals surface area contributed by atoms with Crippen LogP contribution in [0.15, 0.2) is 12.4 Å². The summed E-state index contributed by atoms with van der Waals surface area (Å²) in [5, 5.41) is 3.32. The average molecular weight is 211 g/mol. The van der Waals surface area contributed by atoms with Crippen LogP contribution in [0, 0.1) is 0 Å². The molecule has 0 atom stereocenters. The van der Waals surface area contributed by atoms with Gasteiger partial charge in [0.25, 0.3) is 0 Å². The van der Waals surface area contributed by atoms with Crippen LogP contribution in [0.25, 0.3) is 0 Å². The lowest BCUT2D eigenvalue weighted by atomic mass is 10.3. The fraction of sp³-hybridized carbons (Fsp3) is 0.727. The molecule has 1 heterocycles. The van der Waals surface area contributed by atoms with E-state index in [4.69, 9.17) is 4.74 Å².